The molecular weight excluding hydrogens is 288 g/mol. The first-order valence-corrected chi connectivity index (χ1v) is 8.12. The minimum atomic E-state index is -3.54. The summed E-state index contributed by atoms with van der Waals surface area (Å²) >= 11 is 0. The Morgan fingerprint density at radius 3 is 2.43 bits per heavy atom. The van der Waals surface area contributed by atoms with Crippen molar-refractivity contribution >= 4 is 10.0 Å². The highest BCUT2D eigenvalue weighted by molar-refractivity contribution is 7.89. The first-order chi connectivity index (χ1) is 9.79. The van der Waals surface area contributed by atoms with Crippen LogP contribution in [0, 0.1) is 6.92 Å². The van der Waals surface area contributed by atoms with Crippen molar-refractivity contribution in [3.8, 4) is 0 Å². The van der Waals surface area contributed by atoms with Crippen molar-refractivity contribution in [2.45, 2.75) is 31.3 Å². The van der Waals surface area contributed by atoms with E-state index in [2.05, 4.69) is 9.82 Å². The second-order valence-electron chi connectivity index (χ2n) is 5.10. The Labute approximate surface area is 125 Å². The van der Waals surface area contributed by atoms with Crippen LogP contribution in [0.4, 0.5) is 0 Å². The van der Waals surface area contributed by atoms with Gasteiger partial charge in [-0.15, -0.1) is 0 Å². The fourth-order valence-electron chi connectivity index (χ4n) is 2.03. The van der Waals surface area contributed by atoms with Gasteiger partial charge in [0.2, 0.25) is 10.0 Å². The Balaban J connectivity index is 2.13. The van der Waals surface area contributed by atoms with Crippen LogP contribution < -0.4 is 10.5 Å². The molecule has 0 bridgehead atoms. The summed E-state index contributed by atoms with van der Waals surface area (Å²) in [4.78, 5) is 0.230. The van der Waals surface area contributed by atoms with Crippen molar-refractivity contribution in [3.63, 3.8) is 0 Å². The lowest BCUT2D eigenvalue weighted by Crippen LogP contribution is -2.23. The van der Waals surface area contributed by atoms with E-state index in [0.29, 0.717) is 0 Å². The third-order valence-corrected chi connectivity index (χ3v) is 4.70. The van der Waals surface area contributed by atoms with Gasteiger partial charge in [-0.25, -0.2) is 13.1 Å². The van der Waals surface area contributed by atoms with Crippen LogP contribution in [-0.2, 0) is 23.6 Å². The molecule has 0 radical (unpaired) electrons. The molecule has 0 aliphatic heterocycles. The number of nitrogens with one attached hydrogen (secondary N) is 1. The number of aromatic nitrogens is 2. The van der Waals surface area contributed by atoms with Crippen LogP contribution in [0.1, 0.15) is 29.8 Å². The molecule has 1 unspecified atom stereocenters. The molecule has 0 saturated carbocycles. The molecule has 0 spiro atoms. The van der Waals surface area contributed by atoms with Gasteiger partial charge in [-0.3, -0.25) is 4.68 Å². The van der Waals surface area contributed by atoms with Gasteiger partial charge in [-0.1, -0.05) is 12.1 Å². The molecule has 0 aliphatic carbocycles. The van der Waals surface area contributed by atoms with Gasteiger partial charge >= 0.3 is 0 Å². The average Bonchev–Trinajstić information content (AvgIpc) is 2.75. The van der Waals surface area contributed by atoms with Gasteiger partial charge < -0.3 is 5.73 Å². The maximum absolute atomic E-state index is 12.2. The number of rotatable bonds is 5. The molecule has 0 saturated heterocycles. The molecule has 1 aromatic heterocycles. The Morgan fingerprint density at radius 2 is 1.95 bits per heavy atom. The Bertz CT molecular complexity index is 718. The van der Waals surface area contributed by atoms with E-state index >= 15 is 0 Å². The van der Waals surface area contributed by atoms with E-state index < -0.39 is 10.0 Å². The van der Waals surface area contributed by atoms with E-state index in [1.807, 2.05) is 13.8 Å². The van der Waals surface area contributed by atoms with Crippen molar-refractivity contribution in [1.29, 1.82) is 0 Å². The van der Waals surface area contributed by atoms with Crippen LogP contribution in [0.15, 0.2) is 35.4 Å². The smallest absolute Gasteiger partial charge is 0.240 e. The van der Waals surface area contributed by atoms with Gasteiger partial charge in [0.1, 0.15) is 0 Å². The maximum Gasteiger partial charge on any atom is 0.240 e. The van der Waals surface area contributed by atoms with Gasteiger partial charge in [0.15, 0.2) is 0 Å². The lowest BCUT2D eigenvalue weighted by Gasteiger charge is -2.09. The van der Waals surface area contributed by atoms with Gasteiger partial charge in [-0.05, 0) is 31.5 Å². The third-order valence-electron chi connectivity index (χ3n) is 3.28. The minimum absolute atomic E-state index is 0.118. The van der Waals surface area contributed by atoms with Crippen LogP contribution in [0.25, 0.3) is 0 Å². The lowest BCUT2D eigenvalue weighted by atomic mass is 10.1. The number of nitrogens with two attached hydrogens (primary N) is 1. The molecule has 0 amide bonds. The number of benzene rings is 1. The normalized spacial score (nSPS) is 13.3. The number of nitrogens with zero attached hydrogens (tertiary/aromatic N) is 2. The zero-order valence-corrected chi connectivity index (χ0v) is 13.2. The summed E-state index contributed by atoms with van der Waals surface area (Å²) in [5.74, 6) is 0. The van der Waals surface area contributed by atoms with Crippen LogP contribution in [0.2, 0.25) is 0 Å². The summed E-state index contributed by atoms with van der Waals surface area (Å²) in [7, 11) is -1.73. The highest BCUT2D eigenvalue weighted by atomic mass is 32.2. The standard InChI is InChI=1S/C14H20N4O2S/c1-10(15)12-4-6-14(7-5-12)21(19,20)16-8-13-9-18(3)17-11(13)2/h4-7,9-10,16H,8,15H2,1-3H3. The summed E-state index contributed by atoms with van der Waals surface area (Å²) < 4.78 is 28.7. The number of hydrogen-bond donors (Lipinski definition) is 2. The van der Waals surface area contributed by atoms with Gasteiger partial charge in [0, 0.05) is 31.4 Å². The molecule has 6 nitrogen and oxygen atoms in total. The fourth-order valence-corrected chi connectivity index (χ4v) is 3.04. The summed E-state index contributed by atoms with van der Waals surface area (Å²) in [5, 5.41) is 4.18. The summed E-state index contributed by atoms with van der Waals surface area (Å²) in [5.41, 5.74) is 8.32. The predicted molar refractivity (Wildman–Crippen MR) is 81.0 cm³/mol. The molecule has 0 fully saturated rings. The summed E-state index contributed by atoms with van der Waals surface area (Å²) in [6, 6.07) is 6.48. The quantitative estimate of drug-likeness (QED) is 0.869. The van der Waals surface area contributed by atoms with E-state index in [0.717, 1.165) is 16.8 Å². The molecule has 1 aromatic carbocycles. The van der Waals surface area contributed by atoms with E-state index in [1.165, 1.54) is 0 Å². The average molecular weight is 308 g/mol. The molecule has 21 heavy (non-hydrogen) atoms. The second kappa shape index (κ2) is 5.97. The van der Waals surface area contributed by atoms with E-state index in [1.54, 1.807) is 42.2 Å². The zero-order chi connectivity index (χ0) is 15.6. The summed E-state index contributed by atoms with van der Waals surface area (Å²) in [6.07, 6.45) is 1.80. The van der Waals surface area contributed by atoms with E-state index in [4.69, 9.17) is 5.73 Å². The lowest BCUT2D eigenvalue weighted by molar-refractivity contribution is 0.581. The number of aryl methyl sites for hydroxylation is 2. The highest BCUT2D eigenvalue weighted by Gasteiger charge is 2.15. The molecular formula is C14H20N4O2S. The van der Waals surface area contributed by atoms with Crippen LogP contribution in [0.3, 0.4) is 0 Å². The van der Waals surface area contributed by atoms with Gasteiger partial charge in [0.05, 0.1) is 10.6 Å². The molecule has 7 heteroatoms. The SMILES string of the molecule is Cc1nn(C)cc1CNS(=O)(=O)c1ccc(C(C)N)cc1. The van der Waals surface area contributed by atoms with Crippen molar-refractivity contribution in [2.24, 2.45) is 12.8 Å². The van der Waals surface area contributed by atoms with Crippen molar-refractivity contribution in [3.05, 3.63) is 47.3 Å². The fraction of sp³-hybridized carbons (Fsp3) is 0.357. The molecule has 114 valence electrons. The van der Waals surface area contributed by atoms with E-state index in [9.17, 15) is 8.42 Å². The van der Waals surface area contributed by atoms with E-state index in [-0.39, 0.29) is 17.5 Å². The number of sulfonamides is 1. The number of hydrogen-bond acceptors (Lipinski definition) is 4. The molecule has 1 atom stereocenters. The first kappa shape index (κ1) is 15.7. The first-order valence-electron chi connectivity index (χ1n) is 6.64. The summed E-state index contributed by atoms with van der Waals surface area (Å²) in [6.45, 7) is 3.92. The largest absolute Gasteiger partial charge is 0.324 e. The van der Waals surface area contributed by atoms with Crippen LogP contribution in [-0.4, -0.2) is 18.2 Å². The third kappa shape index (κ3) is 3.69. The maximum atomic E-state index is 12.2. The Kier molecular flexibility index (Phi) is 4.46. The predicted octanol–water partition coefficient (Wildman–Crippen LogP) is 1.23. The van der Waals surface area contributed by atoms with Crippen molar-refractivity contribution in [1.82, 2.24) is 14.5 Å². The molecule has 2 aromatic rings. The molecule has 3 N–H and O–H groups in total. The molecule has 1 heterocycles. The zero-order valence-electron chi connectivity index (χ0n) is 12.4. The topological polar surface area (TPSA) is 90.0 Å². The van der Waals surface area contributed by atoms with Crippen LogP contribution >= 0.6 is 0 Å². The van der Waals surface area contributed by atoms with Crippen molar-refractivity contribution in [2.75, 3.05) is 0 Å². The Morgan fingerprint density at radius 1 is 1.33 bits per heavy atom. The minimum Gasteiger partial charge on any atom is -0.324 e. The molecule has 0 aliphatic rings. The van der Waals surface area contributed by atoms with Gasteiger partial charge in [0.25, 0.3) is 0 Å². The van der Waals surface area contributed by atoms with Crippen molar-refractivity contribution < 1.29 is 8.42 Å². The Hall–Kier alpha value is -1.70. The van der Waals surface area contributed by atoms with Crippen LogP contribution in [0.5, 0.6) is 0 Å². The second-order valence-corrected chi connectivity index (χ2v) is 6.86. The van der Waals surface area contributed by atoms with Gasteiger partial charge in [-0.2, -0.15) is 5.10 Å². The highest BCUT2D eigenvalue weighted by Crippen LogP contribution is 2.15. The molecule has 2 rings (SSSR count). The monoisotopic (exact) mass is 308 g/mol.